The van der Waals surface area contributed by atoms with Crippen molar-refractivity contribution in [2.75, 3.05) is 5.32 Å². The van der Waals surface area contributed by atoms with Gasteiger partial charge in [-0.25, -0.2) is 4.39 Å². The van der Waals surface area contributed by atoms with E-state index in [4.69, 9.17) is 5.73 Å². The fourth-order valence-corrected chi connectivity index (χ4v) is 2.41. The molecule has 0 spiro atoms. The molecule has 0 bridgehead atoms. The maximum absolute atomic E-state index is 13.0. The smallest absolute Gasteiger partial charge is 0.256 e. The number of para-hydroxylation sites is 1. The molecule has 19 heavy (non-hydrogen) atoms. The first-order valence-electron chi connectivity index (χ1n) is 5.66. The number of rotatable bonds is 3. The summed E-state index contributed by atoms with van der Waals surface area (Å²) in [6.45, 7) is 0.344. The van der Waals surface area contributed by atoms with E-state index in [-0.39, 0.29) is 11.7 Å². The van der Waals surface area contributed by atoms with Crippen molar-refractivity contribution in [3.63, 3.8) is 0 Å². The zero-order valence-corrected chi connectivity index (χ0v) is 12.1. The molecule has 0 aliphatic heterocycles. The van der Waals surface area contributed by atoms with Crippen molar-refractivity contribution in [3.05, 3.63) is 63.0 Å². The van der Waals surface area contributed by atoms with Gasteiger partial charge in [-0.15, -0.1) is 0 Å². The fourth-order valence-electron chi connectivity index (χ4n) is 1.68. The fraction of sp³-hybridized carbons (Fsp3) is 0.0714. The molecule has 0 heterocycles. The van der Waals surface area contributed by atoms with Gasteiger partial charge in [-0.3, -0.25) is 4.79 Å². The zero-order valence-electron chi connectivity index (χ0n) is 9.99. The van der Waals surface area contributed by atoms with Gasteiger partial charge in [0, 0.05) is 15.8 Å². The highest BCUT2D eigenvalue weighted by Crippen LogP contribution is 2.18. The number of nitrogens with one attached hydrogen (secondary N) is 1. The number of halogens is 2. The predicted molar refractivity (Wildman–Crippen MR) is 81.4 cm³/mol. The third kappa shape index (κ3) is 3.30. The highest BCUT2D eigenvalue weighted by molar-refractivity contribution is 14.1. The summed E-state index contributed by atoms with van der Waals surface area (Å²) in [6, 6.07) is 11.4. The van der Waals surface area contributed by atoms with Gasteiger partial charge >= 0.3 is 0 Å². The lowest BCUT2D eigenvalue weighted by Crippen LogP contribution is -2.15. The van der Waals surface area contributed by atoms with E-state index in [0.717, 1.165) is 5.56 Å². The Morgan fingerprint density at radius 2 is 2.00 bits per heavy atom. The van der Waals surface area contributed by atoms with Gasteiger partial charge in [0.05, 0.1) is 5.56 Å². The Morgan fingerprint density at radius 3 is 2.68 bits per heavy atom. The third-order valence-corrected chi connectivity index (χ3v) is 3.55. The molecule has 2 rings (SSSR count). The normalized spacial score (nSPS) is 10.3. The first-order chi connectivity index (χ1) is 9.11. The molecule has 1 amide bonds. The minimum absolute atomic E-state index is 0.273. The van der Waals surface area contributed by atoms with Crippen LogP contribution in [0.1, 0.15) is 15.9 Å². The van der Waals surface area contributed by atoms with Crippen molar-refractivity contribution < 1.29 is 9.18 Å². The molecule has 3 nitrogen and oxygen atoms in total. The van der Waals surface area contributed by atoms with E-state index in [9.17, 15) is 9.18 Å². The molecule has 0 atom stereocenters. The number of carbonyl (C=O) groups is 1. The van der Waals surface area contributed by atoms with E-state index in [0.29, 0.717) is 21.4 Å². The second kappa shape index (κ2) is 6.12. The molecule has 0 unspecified atom stereocenters. The van der Waals surface area contributed by atoms with E-state index < -0.39 is 0 Å². The van der Waals surface area contributed by atoms with Gasteiger partial charge in [0.15, 0.2) is 0 Å². The lowest BCUT2D eigenvalue weighted by molar-refractivity contribution is 0.102. The molecule has 5 heteroatoms. The molecule has 0 saturated heterocycles. The van der Waals surface area contributed by atoms with E-state index in [1.807, 2.05) is 40.8 Å². The summed E-state index contributed by atoms with van der Waals surface area (Å²) in [5.74, 6) is -0.631. The quantitative estimate of drug-likeness (QED) is 0.816. The van der Waals surface area contributed by atoms with Gasteiger partial charge in [-0.05, 0) is 52.4 Å². The van der Waals surface area contributed by atoms with Crippen LogP contribution in [0, 0.1) is 9.39 Å². The van der Waals surface area contributed by atoms with Crippen LogP contribution in [0.3, 0.4) is 0 Å². The highest BCUT2D eigenvalue weighted by Gasteiger charge is 2.12. The summed E-state index contributed by atoms with van der Waals surface area (Å²) < 4.78 is 13.6. The van der Waals surface area contributed by atoms with Crippen molar-refractivity contribution in [1.82, 2.24) is 0 Å². The number of hydrogen-bond acceptors (Lipinski definition) is 2. The van der Waals surface area contributed by atoms with Crippen molar-refractivity contribution in [2.24, 2.45) is 5.73 Å². The van der Waals surface area contributed by atoms with E-state index in [1.54, 1.807) is 6.07 Å². The minimum atomic E-state index is -0.358. The maximum atomic E-state index is 13.0. The highest BCUT2D eigenvalue weighted by atomic mass is 127. The summed E-state index contributed by atoms with van der Waals surface area (Å²) >= 11 is 1.94. The van der Waals surface area contributed by atoms with Crippen LogP contribution >= 0.6 is 22.6 Å². The molecule has 3 N–H and O–H groups in total. The number of hydrogen-bond donors (Lipinski definition) is 2. The van der Waals surface area contributed by atoms with Crippen molar-refractivity contribution in [3.8, 4) is 0 Å². The largest absolute Gasteiger partial charge is 0.326 e. The molecule has 0 aliphatic carbocycles. The molecule has 0 saturated carbocycles. The van der Waals surface area contributed by atoms with Gasteiger partial charge in [-0.1, -0.05) is 18.2 Å². The van der Waals surface area contributed by atoms with Crippen molar-refractivity contribution in [2.45, 2.75) is 6.54 Å². The van der Waals surface area contributed by atoms with Crippen LogP contribution < -0.4 is 11.1 Å². The Balaban J connectivity index is 2.26. The van der Waals surface area contributed by atoms with E-state index in [2.05, 4.69) is 5.32 Å². The molecule has 0 aliphatic rings. The average Bonchev–Trinajstić information content (AvgIpc) is 2.39. The van der Waals surface area contributed by atoms with Crippen LogP contribution in [0.15, 0.2) is 42.5 Å². The average molecular weight is 370 g/mol. The Kier molecular flexibility index (Phi) is 4.49. The molecule has 0 radical (unpaired) electrons. The predicted octanol–water partition coefficient (Wildman–Crippen LogP) is 3.14. The van der Waals surface area contributed by atoms with Crippen molar-refractivity contribution >= 4 is 34.2 Å². The number of amides is 1. The van der Waals surface area contributed by atoms with Gasteiger partial charge < -0.3 is 11.1 Å². The molecule has 0 aromatic heterocycles. The second-order valence-corrected chi connectivity index (χ2v) is 5.10. The summed E-state index contributed by atoms with van der Waals surface area (Å²) in [5.41, 5.74) is 7.58. The molecule has 2 aromatic carbocycles. The Labute approximate surface area is 124 Å². The molecular formula is C14H12FIN2O. The molecular weight excluding hydrogens is 358 g/mol. The lowest BCUT2D eigenvalue weighted by atomic mass is 10.1. The van der Waals surface area contributed by atoms with Crippen molar-refractivity contribution in [1.29, 1.82) is 0 Å². The topological polar surface area (TPSA) is 55.1 Å². The Morgan fingerprint density at radius 1 is 1.26 bits per heavy atom. The summed E-state index contributed by atoms with van der Waals surface area (Å²) in [4.78, 5) is 12.1. The number of anilines is 1. The molecule has 2 aromatic rings. The number of carbonyl (C=O) groups excluding carboxylic acids is 1. The monoisotopic (exact) mass is 370 g/mol. The van der Waals surface area contributed by atoms with Gasteiger partial charge in [0.2, 0.25) is 0 Å². The summed E-state index contributed by atoms with van der Waals surface area (Å²) in [5, 5.41) is 2.79. The molecule has 0 fully saturated rings. The van der Waals surface area contributed by atoms with Gasteiger partial charge in [0.25, 0.3) is 5.91 Å². The van der Waals surface area contributed by atoms with Crippen LogP contribution in [-0.4, -0.2) is 5.91 Å². The lowest BCUT2D eigenvalue weighted by Gasteiger charge is -2.10. The second-order valence-electron chi connectivity index (χ2n) is 3.94. The minimum Gasteiger partial charge on any atom is -0.326 e. The van der Waals surface area contributed by atoms with E-state index >= 15 is 0 Å². The van der Waals surface area contributed by atoms with Crippen LogP contribution in [-0.2, 0) is 6.54 Å². The first-order valence-corrected chi connectivity index (χ1v) is 6.74. The third-order valence-electron chi connectivity index (χ3n) is 2.66. The Bertz CT molecular complexity index is 616. The standard InChI is InChI=1S/C14H12FIN2O/c15-10-5-6-11(12(16)7-10)14(19)18-13-4-2-1-3-9(13)8-17/h1-7H,8,17H2,(H,18,19). The van der Waals surface area contributed by atoms with Gasteiger partial charge in [0.1, 0.15) is 5.82 Å². The van der Waals surface area contributed by atoms with Crippen LogP contribution in [0.5, 0.6) is 0 Å². The first kappa shape index (κ1) is 14.0. The van der Waals surface area contributed by atoms with Crippen LogP contribution in [0.2, 0.25) is 0 Å². The summed E-state index contributed by atoms with van der Waals surface area (Å²) in [7, 11) is 0. The Hall–Kier alpha value is -1.47. The zero-order chi connectivity index (χ0) is 13.8. The maximum Gasteiger partial charge on any atom is 0.256 e. The number of nitrogens with two attached hydrogens (primary N) is 1. The SMILES string of the molecule is NCc1ccccc1NC(=O)c1ccc(F)cc1I. The van der Waals surface area contributed by atoms with Crippen LogP contribution in [0.25, 0.3) is 0 Å². The van der Waals surface area contributed by atoms with Crippen LogP contribution in [0.4, 0.5) is 10.1 Å². The molecule has 98 valence electrons. The van der Waals surface area contributed by atoms with E-state index in [1.165, 1.54) is 18.2 Å². The van der Waals surface area contributed by atoms with Gasteiger partial charge in [-0.2, -0.15) is 0 Å². The number of benzene rings is 2. The summed E-state index contributed by atoms with van der Waals surface area (Å²) in [6.07, 6.45) is 0.